The van der Waals surface area contributed by atoms with Crippen molar-refractivity contribution in [3.8, 4) is 6.19 Å². The van der Waals surface area contributed by atoms with Gasteiger partial charge in [-0.15, -0.1) is 6.01 Å². The Morgan fingerprint density at radius 1 is 1.50 bits per heavy atom. The third-order valence-corrected chi connectivity index (χ3v) is 1.45. The lowest BCUT2D eigenvalue weighted by Crippen LogP contribution is -3.11. The maximum Gasteiger partial charge on any atom is 0.101 e. The van der Waals surface area contributed by atoms with E-state index in [1.165, 1.54) is 25.3 Å². The van der Waals surface area contributed by atoms with Gasteiger partial charge in [-0.2, -0.15) is 5.26 Å². The van der Waals surface area contributed by atoms with Gasteiger partial charge < -0.3 is 20.0 Å². The van der Waals surface area contributed by atoms with E-state index in [1.54, 1.807) is 4.90 Å². The summed E-state index contributed by atoms with van der Waals surface area (Å²) in [6, 6.07) is 1.28. The van der Waals surface area contributed by atoms with Gasteiger partial charge in [-0.05, 0) is 0 Å². The quantitative estimate of drug-likeness (QED) is 0.362. The molecule has 5 heteroatoms. The maximum atomic E-state index is 7.43. The van der Waals surface area contributed by atoms with E-state index in [2.05, 4.69) is 12.0 Å². The zero-order valence-corrected chi connectivity index (χ0v) is 7.08. The minimum atomic E-state index is 0.950. The Hall–Kier alpha value is -1.21. The second-order valence-corrected chi connectivity index (χ2v) is 2.38. The fraction of sp³-hybridized carbons (Fsp3) is 0.714. The highest BCUT2D eigenvalue weighted by Gasteiger charge is 2.05. The average molecular weight is 168 g/mol. The van der Waals surface area contributed by atoms with Gasteiger partial charge in [-0.25, -0.2) is 0 Å². The molecule has 5 nitrogen and oxygen atoms in total. The molecule has 0 unspecified atom stereocenters. The second kappa shape index (κ2) is 7.89. The smallest absolute Gasteiger partial charge is 0.101 e. The Morgan fingerprint density at radius 3 is 2.25 bits per heavy atom. The van der Waals surface area contributed by atoms with E-state index in [-0.39, 0.29) is 0 Å². The number of morpholine rings is 1. The zero-order chi connectivity index (χ0) is 9.23. The van der Waals surface area contributed by atoms with Crippen molar-refractivity contribution in [3.05, 3.63) is 5.41 Å². The maximum absolute atomic E-state index is 7.43. The van der Waals surface area contributed by atoms with E-state index in [9.17, 15) is 0 Å². The third-order valence-electron chi connectivity index (χ3n) is 1.45. The molecule has 1 rings (SSSR count). The number of hydrogen-bond donors (Lipinski definition) is 1. The Balaban J connectivity index is 0.000000217. The van der Waals surface area contributed by atoms with Crippen LogP contribution in [-0.4, -0.2) is 39.4 Å². The van der Waals surface area contributed by atoms with E-state index < -0.39 is 0 Å². The molecule has 0 spiro atoms. The first kappa shape index (κ1) is 10.8. The Morgan fingerprint density at radius 2 is 2.08 bits per heavy atom. The monoisotopic (exact) mass is 168 g/mol. The zero-order valence-electron chi connectivity index (χ0n) is 7.08. The van der Waals surface area contributed by atoms with Crippen LogP contribution >= 0.6 is 0 Å². The summed E-state index contributed by atoms with van der Waals surface area (Å²) in [4.78, 5) is 4.17. The first-order valence-electron chi connectivity index (χ1n) is 3.68. The summed E-state index contributed by atoms with van der Waals surface area (Å²) in [5.41, 5.74) is 0. The van der Waals surface area contributed by atoms with Crippen LogP contribution in [0.4, 0.5) is 0 Å². The van der Waals surface area contributed by atoms with Crippen molar-refractivity contribution < 1.29 is 9.64 Å². The van der Waals surface area contributed by atoms with Crippen LogP contribution in [0.15, 0.2) is 4.99 Å². The summed E-state index contributed by atoms with van der Waals surface area (Å²) in [5.74, 6) is 0. The lowest BCUT2D eigenvalue weighted by atomic mass is 10.5. The van der Waals surface area contributed by atoms with Crippen LogP contribution in [-0.2, 0) is 4.74 Å². The molecule has 0 atom stereocenters. The van der Waals surface area contributed by atoms with E-state index in [4.69, 9.17) is 15.4 Å². The van der Waals surface area contributed by atoms with Gasteiger partial charge in [0.2, 0.25) is 0 Å². The van der Waals surface area contributed by atoms with E-state index >= 15 is 0 Å². The van der Waals surface area contributed by atoms with Crippen molar-refractivity contribution in [1.29, 1.82) is 5.26 Å². The largest absolute Gasteiger partial charge is 0.422 e. The highest BCUT2D eigenvalue weighted by molar-refractivity contribution is 5.46. The topological polar surface area (TPSA) is 72.1 Å². The van der Waals surface area contributed by atoms with Gasteiger partial charge in [0.15, 0.2) is 0 Å². The molecule has 1 heterocycles. The summed E-state index contributed by atoms with van der Waals surface area (Å²) < 4.78 is 5.12. The van der Waals surface area contributed by atoms with Crippen LogP contribution in [0, 0.1) is 11.5 Å². The van der Waals surface area contributed by atoms with Crippen LogP contribution in [0.2, 0.25) is 0 Å². The molecule has 12 heavy (non-hydrogen) atoms. The predicted octanol–water partition coefficient (Wildman–Crippen LogP) is -1.26. The van der Waals surface area contributed by atoms with Crippen LogP contribution in [0.1, 0.15) is 0 Å². The fourth-order valence-corrected chi connectivity index (χ4v) is 0.742. The molecule has 1 aliphatic heterocycles. The van der Waals surface area contributed by atoms with Crippen LogP contribution in [0.3, 0.4) is 0 Å². The molecule has 0 amide bonds. The molecule has 66 valence electrons. The van der Waals surface area contributed by atoms with Gasteiger partial charge in [-0.1, -0.05) is 0 Å². The first-order chi connectivity index (χ1) is 5.81. The SMILES string of the molecule is C[NH+]1CCOCC1.N#CN=C=[N-]. The van der Waals surface area contributed by atoms with Gasteiger partial charge in [0, 0.05) is 0 Å². The highest BCUT2D eigenvalue weighted by Crippen LogP contribution is 1.71. The van der Waals surface area contributed by atoms with Crippen molar-refractivity contribution in [2.24, 2.45) is 4.99 Å². The van der Waals surface area contributed by atoms with Gasteiger partial charge in [0.25, 0.3) is 0 Å². The van der Waals surface area contributed by atoms with Gasteiger partial charge in [0.1, 0.15) is 13.1 Å². The molecule has 1 N–H and O–H groups in total. The summed E-state index contributed by atoms with van der Waals surface area (Å²) in [7, 11) is 2.20. The predicted molar refractivity (Wildman–Crippen MR) is 43.8 cm³/mol. The molecular weight excluding hydrogens is 156 g/mol. The lowest BCUT2D eigenvalue weighted by Gasteiger charge is -2.18. The summed E-state index contributed by atoms with van der Waals surface area (Å²) >= 11 is 0. The van der Waals surface area contributed by atoms with Crippen molar-refractivity contribution in [2.45, 2.75) is 0 Å². The summed E-state index contributed by atoms with van der Waals surface area (Å²) in [5, 5.41) is 14.9. The number of rotatable bonds is 0. The van der Waals surface area contributed by atoms with Crippen LogP contribution in [0.5, 0.6) is 0 Å². The number of quaternary nitrogens is 1. The van der Waals surface area contributed by atoms with Crippen molar-refractivity contribution in [2.75, 3.05) is 33.4 Å². The average Bonchev–Trinajstić information content (AvgIpc) is 2.08. The first-order valence-corrected chi connectivity index (χ1v) is 3.68. The molecule has 0 aromatic carbocycles. The van der Waals surface area contributed by atoms with Crippen molar-refractivity contribution >= 4 is 6.01 Å². The standard InChI is InChI=1S/C5H11NO.C2N3/c1-6-2-4-7-5-3-6;3-1-5-2-4/h2-5H2,1H3;/q;-1/p+1. The molecule has 0 aromatic rings. The Labute approximate surface area is 71.8 Å². The summed E-state index contributed by atoms with van der Waals surface area (Å²) in [6.07, 6.45) is 1.28. The Kier molecular flexibility index (Phi) is 7.10. The number of aliphatic imine (C=N–C) groups is 1. The molecule has 0 radical (unpaired) electrons. The molecule has 0 saturated carbocycles. The van der Waals surface area contributed by atoms with Crippen LogP contribution < -0.4 is 4.90 Å². The van der Waals surface area contributed by atoms with Crippen molar-refractivity contribution in [3.63, 3.8) is 0 Å². The number of hydrogen-bond acceptors (Lipinski definition) is 3. The Bertz CT molecular complexity index is 186. The molecule has 1 aliphatic rings. The third kappa shape index (κ3) is 6.90. The van der Waals surface area contributed by atoms with Crippen LogP contribution in [0.25, 0.3) is 5.41 Å². The number of nitrogens with zero attached hydrogens (tertiary/aromatic N) is 3. The van der Waals surface area contributed by atoms with Gasteiger partial charge in [-0.3, -0.25) is 0 Å². The fourth-order valence-electron chi connectivity index (χ4n) is 0.742. The number of nitrogens with one attached hydrogen (secondary N) is 1. The molecular formula is C7H12N4O. The van der Waals surface area contributed by atoms with E-state index in [1.807, 2.05) is 0 Å². The minimum Gasteiger partial charge on any atom is -0.422 e. The molecule has 1 saturated heterocycles. The number of nitriles is 1. The van der Waals surface area contributed by atoms with Crippen molar-refractivity contribution in [1.82, 2.24) is 0 Å². The van der Waals surface area contributed by atoms with E-state index in [0.717, 1.165) is 13.2 Å². The molecule has 0 aliphatic carbocycles. The number of likely N-dealkylation sites (N-methyl/N-ethyl adjacent to an activating group) is 1. The summed E-state index contributed by atoms with van der Waals surface area (Å²) in [6.45, 7) is 4.26. The second-order valence-electron chi connectivity index (χ2n) is 2.38. The highest BCUT2D eigenvalue weighted by atomic mass is 16.5. The number of ether oxygens (including phenoxy) is 1. The molecule has 0 bridgehead atoms. The van der Waals surface area contributed by atoms with E-state index in [0.29, 0.717) is 0 Å². The van der Waals surface area contributed by atoms with Gasteiger partial charge in [0.05, 0.1) is 26.5 Å². The molecule has 0 aromatic heterocycles. The molecule has 1 fully saturated rings. The normalized spacial score (nSPS) is 16.3. The van der Waals surface area contributed by atoms with Gasteiger partial charge >= 0.3 is 0 Å². The lowest BCUT2D eigenvalue weighted by molar-refractivity contribution is -0.888. The minimum absolute atomic E-state index is 0.950.